The maximum Gasteiger partial charge on any atom is 0.330 e. The Kier molecular flexibility index (Phi) is 49.0. The predicted molar refractivity (Wildman–Crippen MR) is 59.1 cm³/mol. The summed E-state index contributed by atoms with van der Waals surface area (Å²) >= 11 is 0. The van der Waals surface area contributed by atoms with Crippen molar-refractivity contribution in [1.82, 2.24) is 0 Å². The molecule has 0 aliphatic heterocycles. The minimum atomic E-state index is -0.935. The highest BCUT2D eigenvalue weighted by Gasteiger charge is 1.90. The lowest BCUT2D eigenvalue weighted by Gasteiger charge is -1.79. The summed E-state index contributed by atoms with van der Waals surface area (Å²) in [5.74, 6) is -0.935. The van der Waals surface area contributed by atoms with E-state index in [2.05, 4.69) is 32.9 Å². The van der Waals surface area contributed by atoms with Gasteiger partial charge in [-0.15, -0.1) is 26.3 Å². The number of hydrogen-bond donors (Lipinski definition) is 3. The fourth-order valence-corrected chi connectivity index (χ4v) is 0. The van der Waals surface area contributed by atoms with E-state index in [0.717, 1.165) is 0 Å². The van der Waals surface area contributed by atoms with Gasteiger partial charge in [-0.25, -0.2) is 4.79 Å². The molecule has 0 rings (SSSR count). The second kappa shape index (κ2) is 29.9. The van der Waals surface area contributed by atoms with Crippen LogP contribution in [-0.4, -0.2) is 34.5 Å². The van der Waals surface area contributed by atoms with Gasteiger partial charge in [0.2, 0.25) is 0 Å². The number of carboxylic acid groups (broad SMARTS) is 1. The van der Waals surface area contributed by atoms with E-state index in [1.54, 1.807) is 0 Å². The Hall–Kier alpha value is -1.39. The van der Waals surface area contributed by atoms with E-state index in [4.69, 9.17) is 15.3 Å². The molecular weight excluding hydrogens is 184 g/mol. The lowest BCUT2D eigenvalue weighted by molar-refractivity contribution is -0.132. The van der Waals surface area contributed by atoms with Crippen molar-refractivity contribution in [3.63, 3.8) is 0 Å². The number of aliphatic hydroxyl groups excluding tert-OH is 2. The van der Waals surface area contributed by atoms with E-state index in [-0.39, 0.29) is 18.8 Å². The number of hydrogen-bond acceptors (Lipinski definition) is 3. The monoisotopic (exact) mass is 204 g/mol. The zero-order valence-corrected chi connectivity index (χ0v) is 8.70. The van der Waals surface area contributed by atoms with Crippen LogP contribution in [0.5, 0.6) is 0 Å². The molecule has 3 N–H and O–H groups in total. The largest absolute Gasteiger partial charge is 0.478 e. The summed E-state index contributed by atoms with van der Waals surface area (Å²) in [6, 6.07) is 0. The zero-order valence-electron chi connectivity index (χ0n) is 8.70. The summed E-state index contributed by atoms with van der Waals surface area (Å²) in [4.78, 5) is 9.60. The van der Waals surface area contributed by atoms with Crippen molar-refractivity contribution in [2.45, 2.75) is 6.92 Å². The van der Waals surface area contributed by atoms with Crippen LogP contribution in [0.4, 0.5) is 0 Å². The van der Waals surface area contributed by atoms with Gasteiger partial charge in [0.1, 0.15) is 0 Å². The molecule has 14 heavy (non-hydrogen) atoms. The maximum atomic E-state index is 9.60. The first kappa shape index (κ1) is 22.9. The lowest BCUT2D eigenvalue weighted by Crippen LogP contribution is -1.92. The van der Waals surface area contributed by atoms with Crippen molar-refractivity contribution in [3.05, 3.63) is 38.5 Å². The van der Waals surface area contributed by atoms with E-state index in [1.165, 1.54) is 6.92 Å². The standard InChI is InChI=1S/C4H6O2.C2H6O2.2C2H4/c1-3(2)4(5)6;3-1-2-4;2*1-2/h1H2,2H3,(H,5,6);3-4H,1-2H2;2*1-2H2. The van der Waals surface area contributed by atoms with Gasteiger partial charge in [-0.05, 0) is 6.92 Å². The van der Waals surface area contributed by atoms with Crippen LogP contribution in [0.1, 0.15) is 6.92 Å². The van der Waals surface area contributed by atoms with Crippen LogP contribution in [0.15, 0.2) is 38.5 Å². The van der Waals surface area contributed by atoms with Gasteiger partial charge in [0, 0.05) is 5.57 Å². The van der Waals surface area contributed by atoms with Crippen molar-refractivity contribution in [3.8, 4) is 0 Å². The first-order valence-electron chi connectivity index (χ1n) is 3.66. The smallest absolute Gasteiger partial charge is 0.330 e. The fraction of sp³-hybridized carbons (Fsp3) is 0.300. The van der Waals surface area contributed by atoms with Crippen molar-refractivity contribution in [2.75, 3.05) is 13.2 Å². The Bertz CT molecular complexity index is 116. The topological polar surface area (TPSA) is 77.8 Å². The van der Waals surface area contributed by atoms with Crippen LogP contribution in [0.2, 0.25) is 0 Å². The zero-order chi connectivity index (χ0) is 12.6. The van der Waals surface area contributed by atoms with Gasteiger partial charge < -0.3 is 15.3 Å². The average Bonchev–Trinajstić information content (AvgIpc) is 2.24. The molecule has 0 aromatic carbocycles. The predicted octanol–water partition coefficient (Wildman–Crippen LogP) is 1.22. The van der Waals surface area contributed by atoms with E-state index in [1.807, 2.05) is 0 Å². The molecule has 0 aromatic rings. The Labute approximate surface area is 85.5 Å². The van der Waals surface area contributed by atoms with Gasteiger partial charge >= 0.3 is 5.97 Å². The SMILES string of the molecule is C=C.C=C.C=C(C)C(=O)O.OCCO. The fourth-order valence-electron chi connectivity index (χ4n) is 0. The van der Waals surface area contributed by atoms with Crippen molar-refractivity contribution in [2.24, 2.45) is 0 Å². The third kappa shape index (κ3) is 75.2. The van der Waals surface area contributed by atoms with E-state index < -0.39 is 5.97 Å². The molecule has 0 saturated carbocycles. The van der Waals surface area contributed by atoms with E-state index in [9.17, 15) is 4.79 Å². The molecule has 0 radical (unpaired) electrons. The summed E-state index contributed by atoms with van der Waals surface area (Å²) < 4.78 is 0. The number of carbonyl (C=O) groups is 1. The number of carboxylic acids is 1. The normalized spacial score (nSPS) is 5.93. The van der Waals surface area contributed by atoms with Gasteiger partial charge in [-0.2, -0.15) is 0 Å². The third-order valence-electron chi connectivity index (χ3n) is 0.465. The molecule has 4 nitrogen and oxygen atoms in total. The summed E-state index contributed by atoms with van der Waals surface area (Å²) in [6.45, 7) is 16.4. The molecule has 0 saturated heterocycles. The Balaban J connectivity index is -0.0000000546. The molecule has 0 amide bonds. The molecule has 0 atom stereocenters. The van der Waals surface area contributed by atoms with Crippen molar-refractivity contribution >= 4 is 5.97 Å². The molecule has 0 spiro atoms. The van der Waals surface area contributed by atoms with Gasteiger partial charge in [-0.1, -0.05) is 6.58 Å². The molecule has 0 fully saturated rings. The molecule has 0 aliphatic carbocycles. The molecule has 0 heterocycles. The molecular formula is C10H20O4. The van der Waals surface area contributed by atoms with Gasteiger partial charge in [0.25, 0.3) is 0 Å². The summed E-state index contributed by atoms with van der Waals surface area (Å²) in [7, 11) is 0. The Morgan fingerprint density at radius 1 is 1.07 bits per heavy atom. The molecule has 4 heteroatoms. The van der Waals surface area contributed by atoms with E-state index in [0.29, 0.717) is 0 Å². The van der Waals surface area contributed by atoms with Crippen molar-refractivity contribution in [1.29, 1.82) is 0 Å². The van der Waals surface area contributed by atoms with E-state index >= 15 is 0 Å². The van der Waals surface area contributed by atoms with Crippen LogP contribution >= 0.6 is 0 Å². The second-order valence-corrected chi connectivity index (χ2v) is 1.53. The maximum absolute atomic E-state index is 9.60. The minimum absolute atomic E-state index is 0.125. The highest BCUT2D eigenvalue weighted by Crippen LogP contribution is 1.81. The van der Waals surface area contributed by atoms with Crippen LogP contribution in [-0.2, 0) is 4.79 Å². The number of rotatable bonds is 2. The van der Waals surface area contributed by atoms with Crippen molar-refractivity contribution < 1.29 is 20.1 Å². The van der Waals surface area contributed by atoms with Crippen LogP contribution in [0, 0.1) is 0 Å². The van der Waals surface area contributed by atoms with Crippen LogP contribution in [0.25, 0.3) is 0 Å². The molecule has 0 bridgehead atoms. The second-order valence-electron chi connectivity index (χ2n) is 1.53. The number of aliphatic carboxylic acids is 1. The quantitative estimate of drug-likeness (QED) is 0.467. The minimum Gasteiger partial charge on any atom is -0.478 e. The van der Waals surface area contributed by atoms with Gasteiger partial charge in [0.15, 0.2) is 0 Å². The first-order valence-corrected chi connectivity index (χ1v) is 3.66. The van der Waals surface area contributed by atoms with Gasteiger partial charge in [-0.3, -0.25) is 0 Å². The highest BCUT2D eigenvalue weighted by molar-refractivity contribution is 5.84. The van der Waals surface area contributed by atoms with Crippen LogP contribution in [0.3, 0.4) is 0 Å². The summed E-state index contributed by atoms with van der Waals surface area (Å²) in [6.07, 6.45) is 0. The number of aliphatic hydroxyl groups is 2. The lowest BCUT2D eigenvalue weighted by atomic mass is 10.4. The van der Waals surface area contributed by atoms with Gasteiger partial charge in [0.05, 0.1) is 13.2 Å². The third-order valence-corrected chi connectivity index (χ3v) is 0.465. The molecule has 0 aliphatic rings. The Morgan fingerprint density at radius 3 is 1.21 bits per heavy atom. The molecule has 0 unspecified atom stereocenters. The summed E-state index contributed by atoms with van der Waals surface area (Å²) in [5, 5.41) is 23.1. The first-order chi connectivity index (χ1) is 6.56. The highest BCUT2D eigenvalue weighted by atomic mass is 16.4. The molecule has 0 aromatic heterocycles. The van der Waals surface area contributed by atoms with Crippen LogP contribution < -0.4 is 0 Å². The average molecular weight is 204 g/mol. The summed E-state index contributed by atoms with van der Waals surface area (Å²) in [5.41, 5.74) is 0.176. The Morgan fingerprint density at radius 2 is 1.21 bits per heavy atom. The molecule has 84 valence electrons.